The van der Waals surface area contributed by atoms with Crippen molar-refractivity contribution in [2.24, 2.45) is 0 Å². The molecule has 0 saturated heterocycles. The Morgan fingerprint density at radius 2 is 2.31 bits per heavy atom. The summed E-state index contributed by atoms with van der Waals surface area (Å²) in [5.74, 6) is 1.03. The number of hydrogen-bond donors (Lipinski definition) is 1. The number of nitrogen functional groups attached to an aromatic ring is 1. The van der Waals surface area contributed by atoms with Gasteiger partial charge in [-0.25, -0.2) is 0 Å². The fourth-order valence-electron chi connectivity index (χ4n) is 1.24. The molecule has 0 saturated carbocycles. The van der Waals surface area contributed by atoms with Crippen LogP contribution in [0.2, 0.25) is 0 Å². The summed E-state index contributed by atoms with van der Waals surface area (Å²) in [5, 5.41) is 3.83. The minimum atomic E-state index is 0.422. The summed E-state index contributed by atoms with van der Waals surface area (Å²) in [6, 6.07) is 1.74. The van der Waals surface area contributed by atoms with E-state index in [2.05, 4.69) is 15.1 Å². The lowest BCUT2D eigenvalue weighted by molar-refractivity contribution is 0.199. The fourth-order valence-corrected chi connectivity index (χ4v) is 1.24. The fraction of sp³-hybridized carbons (Fsp3) is 0.300. The van der Waals surface area contributed by atoms with Crippen molar-refractivity contribution in [3.63, 3.8) is 0 Å². The third-order valence-corrected chi connectivity index (χ3v) is 2.00. The predicted octanol–water partition coefficient (Wildman–Crippen LogP) is 0.903. The first-order valence-electron chi connectivity index (χ1n) is 4.82. The van der Waals surface area contributed by atoms with Crippen LogP contribution in [0.25, 0.3) is 11.5 Å². The number of nitrogens with zero attached hydrogens (tertiary/aromatic N) is 3. The molecule has 2 heterocycles. The standard InChI is InChI=1S/C10H12N4O2/c1-15-3-2-9-13-10(16-14-9)7-4-8(11)6-12-5-7/h4-6H,2-3,11H2,1H3. The maximum Gasteiger partial charge on any atom is 0.259 e. The lowest BCUT2D eigenvalue weighted by atomic mass is 10.2. The van der Waals surface area contributed by atoms with E-state index in [4.69, 9.17) is 15.0 Å². The lowest BCUT2D eigenvalue weighted by Crippen LogP contribution is -1.96. The number of anilines is 1. The van der Waals surface area contributed by atoms with E-state index in [1.54, 1.807) is 25.6 Å². The lowest BCUT2D eigenvalue weighted by Gasteiger charge is -1.94. The van der Waals surface area contributed by atoms with Crippen molar-refractivity contribution in [3.8, 4) is 11.5 Å². The number of methoxy groups -OCH3 is 1. The monoisotopic (exact) mass is 220 g/mol. The van der Waals surface area contributed by atoms with E-state index in [-0.39, 0.29) is 0 Å². The van der Waals surface area contributed by atoms with Gasteiger partial charge >= 0.3 is 0 Å². The van der Waals surface area contributed by atoms with E-state index in [1.165, 1.54) is 0 Å². The van der Waals surface area contributed by atoms with E-state index in [0.29, 0.717) is 30.4 Å². The van der Waals surface area contributed by atoms with Crippen LogP contribution in [0.5, 0.6) is 0 Å². The molecule has 2 rings (SSSR count). The molecule has 0 radical (unpaired) electrons. The van der Waals surface area contributed by atoms with Crippen molar-refractivity contribution < 1.29 is 9.26 Å². The Bertz CT molecular complexity index is 469. The summed E-state index contributed by atoms with van der Waals surface area (Å²) >= 11 is 0. The van der Waals surface area contributed by atoms with E-state index in [1.807, 2.05) is 0 Å². The molecule has 2 aromatic heterocycles. The Balaban J connectivity index is 2.18. The maximum atomic E-state index is 5.61. The second kappa shape index (κ2) is 4.71. The zero-order valence-corrected chi connectivity index (χ0v) is 8.88. The molecule has 0 atom stereocenters. The molecule has 6 heteroatoms. The van der Waals surface area contributed by atoms with Gasteiger partial charge in [-0.2, -0.15) is 4.98 Å². The average Bonchev–Trinajstić information content (AvgIpc) is 2.75. The van der Waals surface area contributed by atoms with Crippen LogP contribution in [-0.2, 0) is 11.2 Å². The van der Waals surface area contributed by atoms with Gasteiger partial charge in [0.1, 0.15) is 0 Å². The van der Waals surface area contributed by atoms with Crippen molar-refractivity contribution in [1.29, 1.82) is 0 Å². The van der Waals surface area contributed by atoms with E-state index in [0.717, 1.165) is 5.56 Å². The van der Waals surface area contributed by atoms with Gasteiger partial charge in [0, 0.05) is 25.9 Å². The topological polar surface area (TPSA) is 87.1 Å². The highest BCUT2D eigenvalue weighted by Crippen LogP contribution is 2.17. The quantitative estimate of drug-likeness (QED) is 0.823. The van der Waals surface area contributed by atoms with Gasteiger partial charge in [-0.15, -0.1) is 0 Å². The number of aromatic nitrogens is 3. The Morgan fingerprint density at radius 1 is 1.44 bits per heavy atom. The van der Waals surface area contributed by atoms with Crippen LogP contribution in [0.3, 0.4) is 0 Å². The molecular weight excluding hydrogens is 208 g/mol. The van der Waals surface area contributed by atoms with Crippen molar-refractivity contribution in [2.75, 3.05) is 19.5 Å². The van der Waals surface area contributed by atoms with Crippen LogP contribution in [0.1, 0.15) is 5.82 Å². The van der Waals surface area contributed by atoms with E-state index >= 15 is 0 Å². The van der Waals surface area contributed by atoms with Gasteiger partial charge in [0.25, 0.3) is 5.89 Å². The molecule has 0 aliphatic rings. The van der Waals surface area contributed by atoms with Gasteiger partial charge in [0.2, 0.25) is 0 Å². The van der Waals surface area contributed by atoms with Gasteiger partial charge in [0.05, 0.1) is 17.9 Å². The molecule has 0 fully saturated rings. The maximum absolute atomic E-state index is 5.61. The average molecular weight is 220 g/mol. The van der Waals surface area contributed by atoms with Crippen molar-refractivity contribution in [2.45, 2.75) is 6.42 Å². The summed E-state index contributed by atoms with van der Waals surface area (Å²) in [6.45, 7) is 0.564. The molecule has 2 aromatic rings. The summed E-state index contributed by atoms with van der Waals surface area (Å²) in [7, 11) is 1.63. The molecule has 0 amide bonds. The second-order valence-corrected chi connectivity index (χ2v) is 3.27. The first-order chi connectivity index (χ1) is 7.79. The van der Waals surface area contributed by atoms with E-state index < -0.39 is 0 Å². The largest absolute Gasteiger partial charge is 0.397 e. The van der Waals surface area contributed by atoms with Crippen LogP contribution >= 0.6 is 0 Å². The third-order valence-electron chi connectivity index (χ3n) is 2.00. The highest BCUT2D eigenvalue weighted by Gasteiger charge is 2.08. The molecular formula is C10H12N4O2. The van der Waals surface area contributed by atoms with Gasteiger partial charge in [-0.3, -0.25) is 4.98 Å². The Morgan fingerprint density at radius 3 is 3.06 bits per heavy atom. The molecule has 0 aliphatic carbocycles. The number of rotatable bonds is 4. The smallest absolute Gasteiger partial charge is 0.259 e. The number of nitrogens with two attached hydrogens (primary N) is 1. The first-order valence-corrected chi connectivity index (χ1v) is 4.82. The first kappa shape index (κ1) is 10.6. The molecule has 0 aromatic carbocycles. The summed E-state index contributed by atoms with van der Waals surface area (Å²) < 4.78 is 10.0. The highest BCUT2D eigenvalue weighted by atomic mass is 16.5. The van der Waals surface area contributed by atoms with Crippen LogP contribution in [-0.4, -0.2) is 28.8 Å². The van der Waals surface area contributed by atoms with Crippen LogP contribution in [0.4, 0.5) is 5.69 Å². The molecule has 16 heavy (non-hydrogen) atoms. The van der Waals surface area contributed by atoms with Gasteiger partial charge in [-0.05, 0) is 6.07 Å². The Labute approximate surface area is 92.4 Å². The Kier molecular flexibility index (Phi) is 3.11. The van der Waals surface area contributed by atoms with Crippen molar-refractivity contribution >= 4 is 5.69 Å². The second-order valence-electron chi connectivity index (χ2n) is 3.27. The molecule has 84 valence electrons. The normalized spacial score (nSPS) is 10.6. The molecule has 0 unspecified atom stereocenters. The van der Waals surface area contributed by atoms with Crippen LogP contribution in [0.15, 0.2) is 23.0 Å². The minimum Gasteiger partial charge on any atom is -0.397 e. The minimum absolute atomic E-state index is 0.422. The van der Waals surface area contributed by atoms with Gasteiger partial charge < -0.3 is 15.0 Å². The number of pyridine rings is 1. The SMILES string of the molecule is COCCc1noc(-c2cncc(N)c2)n1. The molecule has 2 N–H and O–H groups in total. The Hall–Kier alpha value is -1.95. The van der Waals surface area contributed by atoms with Crippen molar-refractivity contribution in [3.05, 3.63) is 24.3 Å². The van der Waals surface area contributed by atoms with Crippen LogP contribution < -0.4 is 5.73 Å². The van der Waals surface area contributed by atoms with Crippen LogP contribution in [0, 0.1) is 0 Å². The number of ether oxygens (including phenoxy) is 1. The number of hydrogen-bond acceptors (Lipinski definition) is 6. The molecule has 0 aliphatic heterocycles. The summed E-state index contributed by atoms with van der Waals surface area (Å²) in [5.41, 5.74) is 6.89. The van der Waals surface area contributed by atoms with Gasteiger partial charge in [-0.1, -0.05) is 5.16 Å². The molecule has 0 bridgehead atoms. The van der Waals surface area contributed by atoms with Gasteiger partial charge in [0.15, 0.2) is 5.82 Å². The van der Waals surface area contributed by atoms with Crippen molar-refractivity contribution in [1.82, 2.24) is 15.1 Å². The molecule has 0 spiro atoms. The van der Waals surface area contributed by atoms with E-state index in [9.17, 15) is 0 Å². The zero-order valence-electron chi connectivity index (χ0n) is 8.88. The summed E-state index contributed by atoms with van der Waals surface area (Å²) in [4.78, 5) is 8.16. The predicted molar refractivity (Wildman–Crippen MR) is 57.5 cm³/mol. The highest BCUT2D eigenvalue weighted by molar-refractivity contribution is 5.57. The molecule has 6 nitrogen and oxygen atoms in total. The third kappa shape index (κ3) is 2.34. The summed E-state index contributed by atoms with van der Waals surface area (Å²) in [6.07, 6.45) is 3.81. The zero-order chi connectivity index (χ0) is 11.4.